The molecular formula is C19H24F3N5O3S. The number of aromatic nitrogens is 3. The number of carbonyl (C=O) groups is 2. The van der Waals surface area contributed by atoms with E-state index in [0.717, 1.165) is 19.6 Å². The lowest BCUT2D eigenvalue weighted by molar-refractivity contribution is -0.192. The second-order valence-corrected chi connectivity index (χ2v) is 8.34. The highest BCUT2D eigenvalue weighted by Gasteiger charge is 2.38. The molecule has 2 aromatic heterocycles. The van der Waals surface area contributed by atoms with Gasteiger partial charge in [0.2, 0.25) is 0 Å². The first kappa shape index (κ1) is 23.2. The average molecular weight is 459 g/mol. The van der Waals surface area contributed by atoms with Crippen molar-refractivity contribution >= 4 is 23.2 Å². The Balaban J connectivity index is 0.000000339. The molecule has 1 fully saturated rings. The second kappa shape index (κ2) is 10.2. The summed E-state index contributed by atoms with van der Waals surface area (Å²) in [6.07, 6.45) is 2.08. The quantitative estimate of drug-likeness (QED) is 0.729. The molecule has 1 aliphatic carbocycles. The molecule has 1 atom stereocenters. The number of nitrogens with one attached hydrogen (secondary N) is 1. The van der Waals surface area contributed by atoms with E-state index < -0.39 is 12.1 Å². The van der Waals surface area contributed by atoms with Crippen LogP contribution in [0.2, 0.25) is 0 Å². The lowest BCUT2D eigenvalue weighted by Gasteiger charge is -2.29. The summed E-state index contributed by atoms with van der Waals surface area (Å²) in [5.41, 5.74) is 3.49. The number of hydrogen-bond donors (Lipinski definition) is 2. The fourth-order valence-electron chi connectivity index (χ4n) is 3.89. The molecule has 0 spiro atoms. The molecule has 0 saturated heterocycles. The Morgan fingerprint density at radius 2 is 1.97 bits per heavy atom. The van der Waals surface area contributed by atoms with E-state index in [9.17, 15) is 18.0 Å². The van der Waals surface area contributed by atoms with Gasteiger partial charge >= 0.3 is 12.1 Å². The molecular weight excluding hydrogens is 435 g/mol. The average Bonchev–Trinajstić information content (AvgIpc) is 3.47. The molecule has 1 aliphatic heterocycles. The maximum atomic E-state index is 12.2. The monoisotopic (exact) mass is 459 g/mol. The molecule has 1 amide bonds. The summed E-state index contributed by atoms with van der Waals surface area (Å²) in [5.74, 6) is -2.46. The number of thiazole rings is 1. The minimum atomic E-state index is -5.08. The number of carboxylic acid groups (broad SMARTS) is 1. The summed E-state index contributed by atoms with van der Waals surface area (Å²) in [6, 6.07) is 2.81. The van der Waals surface area contributed by atoms with Gasteiger partial charge in [-0.2, -0.15) is 18.3 Å². The standard InChI is InChI=1S/C17H23N5OS.C2HF3O2/c23-17(16-11-24-12-19-16)18-7-13-8-21(14-3-1-2-4-14)10-15-5-6-20-22(15)9-13;3-2(4,5)1(6)7/h5-6,11-14H,1-4,7-10H2,(H,18,23);(H,6,7). The van der Waals surface area contributed by atoms with Gasteiger partial charge in [-0.05, 0) is 18.9 Å². The van der Waals surface area contributed by atoms with E-state index in [0.29, 0.717) is 24.2 Å². The van der Waals surface area contributed by atoms with E-state index >= 15 is 0 Å². The molecule has 2 N–H and O–H groups in total. The van der Waals surface area contributed by atoms with Gasteiger partial charge in [-0.15, -0.1) is 11.3 Å². The summed E-state index contributed by atoms with van der Waals surface area (Å²) in [4.78, 5) is 27.7. The maximum absolute atomic E-state index is 12.2. The van der Waals surface area contributed by atoms with E-state index in [-0.39, 0.29) is 5.91 Å². The van der Waals surface area contributed by atoms with Crippen LogP contribution in [0.1, 0.15) is 41.9 Å². The van der Waals surface area contributed by atoms with E-state index in [2.05, 4.69) is 31.0 Å². The van der Waals surface area contributed by atoms with Crippen LogP contribution >= 0.6 is 11.3 Å². The first-order chi connectivity index (χ1) is 14.7. The molecule has 4 rings (SSSR count). The van der Waals surface area contributed by atoms with E-state index in [4.69, 9.17) is 9.90 Å². The van der Waals surface area contributed by atoms with Crippen molar-refractivity contribution in [3.63, 3.8) is 0 Å². The highest BCUT2D eigenvalue weighted by Crippen LogP contribution is 2.27. The van der Waals surface area contributed by atoms with E-state index in [1.54, 1.807) is 10.9 Å². The molecule has 3 heterocycles. The predicted octanol–water partition coefficient (Wildman–Crippen LogP) is 2.78. The van der Waals surface area contributed by atoms with Crippen LogP contribution in [0.15, 0.2) is 23.2 Å². The van der Waals surface area contributed by atoms with Crippen LogP contribution in [0.4, 0.5) is 13.2 Å². The summed E-state index contributed by atoms with van der Waals surface area (Å²) in [5, 5.41) is 16.4. The van der Waals surface area contributed by atoms with Gasteiger partial charge in [-0.25, -0.2) is 9.78 Å². The van der Waals surface area contributed by atoms with E-state index in [1.807, 2.05) is 6.20 Å². The van der Waals surface area contributed by atoms with Crippen LogP contribution < -0.4 is 5.32 Å². The third kappa shape index (κ3) is 6.50. The predicted molar refractivity (Wildman–Crippen MR) is 107 cm³/mol. The fourth-order valence-corrected chi connectivity index (χ4v) is 4.43. The Bertz CT molecular complexity index is 866. The van der Waals surface area contributed by atoms with Gasteiger partial charge in [0.05, 0.1) is 11.2 Å². The Kier molecular flexibility index (Phi) is 7.65. The first-order valence-electron chi connectivity index (χ1n) is 9.95. The number of amides is 1. The van der Waals surface area contributed by atoms with Gasteiger partial charge in [0, 0.05) is 49.7 Å². The Morgan fingerprint density at radius 1 is 1.26 bits per heavy atom. The zero-order valence-corrected chi connectivity index (χ0v) is 17.5. The van der Waals surface area contributed by atoms with Crippen molar-refractivity contribution in [2.75, 3.05) is 13.1 Å². The molecule has 12 heteroatoms. The van der Waals surface area contributed by atoms with Gasteiger partial charge in [0.1, 0.15) is 5.69 Å². The molecule has 31 heavy (non-hydrogen) atoms. The highest BCUT2D eigenvalue weighted by atomic mass is 32.1. The van der Waals surface area contributed by atoms with E-state index in [1.165, 1.54) is 42.7 Å². The number of alkyl halides is 3. The molecule has 0 radical (unpaired) electrons. The topological polar surface area (TPSA) is 100 Å². The summed E-state index contributed by atoms with van der Waals surface area (Å²) >= 11 is 1.45. The van der Waals surface area contributed by atoms with Crippen molar-refractivity contribution in [1.29, 1.82) is 0 Å². The van der Waals surface area contributed by atoms with Gasteiger partial charge < -0.3 is 10.4 Å². The number of aliphatic carboxylic acids is 1. The molecule has 8 nitrogen and oxygen atoms in total. The summed E-state index contributed by atoms with van der Waals surface area (Å²) in [6.45, 7) is 3.52. The summed E-state index contributed by atoms with van der Waals surface area (Å²) in [7, 11) is 0. The Labute approximate surface area is 181 Å². The van der Waals surface area contributed by atoms with Crippen LogP contribution in [0.5, 0.6) is 0 Å². The van der Waals surface area contributed by atoms with Gasteiger partial charge in [0.15, 0.2) is 0 Å². The normalized spacial score (nSPS) is 19.8. The molecule has 2 aromatic rings. The number of carboxylic acids is 1. The van der Waals surface area contributed by atoms with Gasteiger partial charge in [-0.1, -0.05) is 12.8 Å². The first-order valence-corrected chi connectivity index (χ1v) is 10.9. The zero-order valence-electron chi connectivity index (χ0n) is 16.7. The number of hydrogen-bond acceptors (Lipinski definition) is 6. The third-order valence-electron chi connectivity index (χ3n) is 5.39. The summed E-state index contributed by atoms with van der Waals surface area (Å²) < 4.78 is 33.8. The van der Waals surface area contributed by atoms with Crippen molar-refractivity contribution in [2.45, 2.75) is 51.0 Å². The number of carbonyl (C=O) groups excluding carboxylic acids is 1. The minimum Gasteiger partial charge on any atom is -0.475 e. The van der Waals surface area contributed by atoms with Crippen LogP contribution in [-0.2, 0) is 17.9 Å². The fraction of sp³-hybridized carbons (Fsp3) is 0.579. The molecule has 2 aliphatic rings. The van der Waals surface area contributed by atoms with Crippen molar-refractivity contribution in [3.05, 3.63) is 34.5 Å². The van der Waals surface area contributed by atoms with Crippen molar-refractivity contribution in [2.24, 2.45) is 5.92 Å². The maximum Gasteiger partial charge on any atom is 0.490 e. The van der Waals surface area contributed by atoms with Crippen molar-refractivity contribution in [3.8, 4) is 0 Å². The number of fused-ring (bicyclic) bond motifs is 1. The Morgan fingerprint density at radius 3 is 2.58 bits per heavy atom. The van der Waals surface area contributed by atoms with Gasteiger partial charge in [0.25, 0.3) is 5.91 Å². The molecule has 0 bridgehead atoms. The van der Waals surface area contributed by atoms with Gasteiger partial charge in [-0.3, -0.25) is 14.4 Å². The lowest BCUT2D eigenvalue weighted by atomic mass is 10.1. The SMILES string of the molecule is O=C(NCC1CN(C2CCCC2)Cc2ccnn2C1)c1cscn1.O=C(O)C(F)(F)F. The molecule has 0 aromatic carbocycles. The van der Waals surface area contributed by atoms with Crippen LogP contribution in [0, 0.1) is 5.92 Å². The largest absolute Gasteiger partial charge is 0.490 e. The smallest absolute Gasteiger partial charge is 0.475 e. The Hall–Kier alpha value is -2.47. The van der Waals surface area contributed by atoms with Crippen LogP contribution in [0.25, 0.3) is 0 Å². The van der Waals surface area contributed by atoms with Crippen molar-refractivity contribution < 1.29 is 27.9 Å². The van der Waals surface area contributed by atoms with Crippen LogP contribution in [-0.4, -0.2) is 62.0 Å². The minimum absolute atomic E-state index is 0.0754. The third-order valence-corrected chi connectivity index (χ3v) is 5.98. The highest BCUT2D eigenvalue weighted by molar-refractivity contribution is 7.07. The second-order valence-electron chi connectivity index (χ2n) is 7.63. The van der Waals surface area contributed by atoms with Crippen LogP contribution in [0.3, 0.4) is 0 Å². The molecule has 1 saturated carbocycles. The number of rotatable bonds is 4. The molecule has 1 unspecified atom stereocenters. The lowest BCUT2D eigenvalue weighted by Crippen LogP contribution is -2.40. The number of nitrogens with zero attached hydrogens (tertiary/aromatic N) is 4. The van der Waals surface area contributed by atoms with Crippen molar-refractivity contribution in [1.82, 2.24) is 25.0 Å². The number of halogens is 3. The zero-order chi connectivity index (χ0) is 22.4. The molecule has 170 valence electrons.